The summed E-state index contributed by atoms with van der Waals surface area (Å²) in [6, 6.07) is 9.01. The van der Waals surface area contributed by atoms with Gasteiger partial charge in [0, 0.05) is 38.3 Å². The average molecular weight is 496 g/mol. The van der Waals surface area contributed by atoms with Crippen molar-refractivity contribution < 1.29 is 22.3 Å². The number of sulfonamides is 1. The molecule has 2 aromatic rings. The number of halogens is 2. The third-order valence-corrected chi connectivity index (χ3v) is 7.04. The fourth-order valence-electron chi connectivity index (χ4n) is 3.85. The van der Waals surface area contributed by atoms with Crippen LogP contribution in [0.3, 0.4) is 0 Å². The number of hydrogen-bond acceptors (Lipinski definition) is 5. The van der Waals surface area contributed by atoms with Crippen LogP contribution in [0.5, 0.6) is 5.75 Å². The highest BCUT2D eigenvalue weighted by Gasteiger charge is 2.29. The van der Waals surface area contributed by atoms with E-state index in [9.17, 15) is 17.6 Å². The van der Waals surface area contributed by atoms with Gasteiger partial charge in [-0.05, 0) is 49.2 Å². The van der Waals surface area contributed by atoms with E-state index in [0.29, 0.717) is 43.1 Å². The van der Waals surface area contributed by atoms with Gasteiger partial charge in [0.25, 0.3) is 0 Å². The van der Waals surface area contributed by atoms with Gasteiger partial charge in [-0.3, -0.25) is 9.69 Å². The number of aryl methyl sites for hydroxylation is 1. The number of carbonyl (C=O) groups is 1. The summed E-state index contributed by atoms with van der Waals surface area (Å²) in [6.45, 7) is 9.38. The molecule has 7 nitrogen and oxygen atoms in total. The van der Waals surface area contributed by atoms with Crippen LogP contribution in [0.4, 0.5) is 4.39 Å². The van der Waals surface area contributed by atoms with Crippen molar-refractivity contribution in [3.8, 4) is 5.75 Å². The molecular formula is C23H27ClFN3O4S. The summed E-state index contributed by atoms with van der Waals surface area (Å²) in [7, 11) is -3.97. The lowest BCUT2D eigenvalue weighted by molar-refractivity contribution is -0.130. The molecule has 178 valence electrons. The van der Waals surface area contributed by atoms with Gasteiger partial charge in [0.15, 0.2) is 0 Å². The molecule has 2 N–H and O–H groups in total. The Bertz CT molecular complexity index is 1160. The number of ether oxygens (including phenoxy) is 1. The van der Waals surface area contributed by atoms with Gasteiger partial charge in [-0.1, -0.05) is 30.3 Å². The Morgan fingerprint density at radius 2 is 2.06 bits per heavy atom. The fraction of sp³-hybridized carbons (Fsp3) is 0.348. The smallest absolute Gasteiger partial charge is 0.246 e. The van der Waals surface area contributed by atoms with Gasteiger partial charge in [0.2, 0.25) is 15.9 Å². The highest BCUT2D eigenvalue weighted by Crippen LogP contribution is 2.30. The number of nitrogens with zero attached hydrogens (tertiary/aromatic N) is 2. The zero-order valence-corrected chi connectivity index (χ0v) is 20.1. The maximum Gasteiger partial charge on any atom is 0.246 e. The van der Waals surface area contributed by atoms with E-state index >= 15 is 0 Å². The van der Waals surface area contributed by atoms with Gasteiger partial charge in [-0.15, -0.1) is 0 Å². The number of hydrogen-bond donors (Lipinski definition) is 1. The Morgan fingerprint density at radius 3 is 2.64 bits per heavy atom. The lowest BCUT2D eigenvalue weighted by Crippen LogP contribution is -2.54. The van der Waals surface area contributed by atoms with Crippen LogP contribution in [0.2, 0.25) is 5.02 Å². The Labute approximate surface area is 198 Å². The minimum atomic E-state index is -3.97. The molecule has 10 heteroatoms. The highest BCUT2D eigenvalue weighted by molar-refractivity contribution is 7.89. The van der Waals surface area contributed by atoms with Gasteiger partial charge in [0.1, 0.15) is 22.6 Å². The number of rotatable bonds is 7. The van der Waals surface area contributed by atoms with Crippen molar-refractivity contribution in [2.45, 2.75) is 30.9 Å². The van der Waals surface area contributed by atoms with Gasteiger partial charge in [-0.25, -0.2) is 17.9 Å². The fourth-order valence-corrected chi connectivity index (χ4v) is 4.93. The van der Waals surface area contributed by atoms with Crippen molar-refractivity contribution >= 4 is 27.5 Å². The van der Waals surface area contributed by atoms with E-state index in [4.69, 9.17) is 21.5 Å². The van der Waals surface area contributed by atoms with E-state index in [1.807, 2.05) is 6.92 Å². The molecule has 0 bridgehead atoms. The normalized spacial score (nSPS) is 18.1. The van der Waals surface area contributed by atoms with Crippen LogP contribution in [0.15, 0.2) is 53.9 Å². The first-order chi connectivity index (χ1) is 15.5. The summed E-state index contributed by atoms with van der Waals surface area (Å²) in [6.07, 6.45) is 0.743. The molecule has 1 saturated heterocycles. The Kier molecular flexibility index (Phi) is 7.79. The topological polar surface area (TPSA) is 92.9 Å². The first-order valence-electron chi connectivity index (χ1n) is 10.4. The van der Waals surface area contributed by atoms with Crippen molar-refractivity contribution in [1.29, 1.82) is 0 Å². The molecule has 1 fully saturated rings. The van der Waals surface area contributed by atoms with Gasteiger partial charge >= 0.3 is 0 Å². The first kappa shape index (κ1) is 25.2. The van der Waals surface area contributed by atoms with Crippen LogP contribution >= 0.6 is 11.6 Å². The lowest BCUT2D eigenvalue weighted by Gasteiger charge is -2.40. The number of nitrogens with two attached hydrogens (primary N) is 1. The number of piperazine rings is 1. The minimum absolute atomic E-state index is 0.0249. The quantitative estimate of drug-likeness (QED) is 0.595. The summed E-state index contributed by atoms with van der Waals surface area (Å²) in [4.78, 5) is 15.7. The summed E-state index contributed by atoms with van der Waals surface area (Å²) < 4.78 is 43.7. The van der Waals surface area contributed by atoms with Gasteiger partial charge in [0.05, 0.1) is 5.02 Å². The number of benzene rings is 2. The molecule has 0 saturated carbocycles. The summed E-state index contributed by atoms with van der Waals surface area (Å²) in [5, 5.41) is 5.11. The SMILES string of the molecule is C=CC(=O)N1CCN(C[C@H](Oc2ccc(S(N)(=O)=O)c(Cl)c2)c2ccc(C)c(F)c2)C[C@H]1C. The zero-order chi connectivity index (χ0) is 24.3. The molecular weight excluding hydrogens is 469 g/mol. The van der Waals surface area contributed by atoms with Crippen molar-refractivity contribution in [2.24, 2.45) is 5.14 Å². The van der Waals surface area contributed by atoms with Crippen LogP contribution in [0.25, 0.3) is 0 Å². The third kappa shape index (κ3) is 6.11. The predicted molar refractivity (Wildman–Crippen MR) is 125 cm³/mol. The molecule has 1 aliphatic heterocycles. The lowest BCUT2D eigenvalue weighted by atomic mass is 10.0. The van der Waals surface area contributed by atoms with Gasteiger partial charge < -0.3 is 9.64 Å². The van der Waals surface area contributed by atoms with Crippen molar-refractivity contribution in [2.75, 3.05) is 26.2 Å². The van der Waals surface area contributed by atoms with E-state index in [2.05, 4.69) is 11.5 Å². The molecule has 2 aromatic carbocycles. The second kappa shape index (κ2) is 10.2. The van der Waals surface area contributed by atoms with Crippen molar-refractivity contribution in [3.63, 3.8) is 0 Å². The monoisotopic (exact) mass is 495 g/mol. The molecule has 33 heavy (non-hydrogen) atoms. The maximum absolute atomic E-state index is 14.3. The summed E-state index contributed by atoms with van der Waals surface area (Å²) in [5.74, 6) is -0.134. The van der Waals surface area contributed by atoms with Crippen molar-refractivity contribution in [3.05, 3.63) is 71.0 Å². The summed E-state index contributed by atoms with van der Waals surface area (Å²) in [5.41, 5.74) is 1.14. The maximum atomic E-state index is 14.3. The molecule has 1 aliphatic rings. The Morgan fingerprint density at radius 1 is 1.33 bits per heavy atom. The number of amides is 1. The van der Waals surface area contributed by atoms with Crippen LogP contribution in [-0.4, -0.2) is 56.3 Å². The van der Waals surface area contributed by atoms with Gasteiger partial charge in [-0.2, -0.15) is 0 Å². The molecule has 0 aliphatic carbocycles. The molecule has 0 spiro atoms. The first-order valence-corrected chi connectivity index (χ1v) is 12.3. The van der Waals surface area contributed by atoms with Crippen LogP contribution in [0, 0.1) is 12.7 Å². The molecule has 0 unspecified atom stereocenters. The average Bonchev–Trinajstić information content (AvgIpc) is 2.74. The largest absolute Gasteiger partial charge is 0.484 e. The Balaban J connectivity index is 1.85. The number of carbonyl (C=O) groups excluding carboxylic acids is 1. The van der Waals surface area contributed by atoms with E-state index in [0.717, 1.165) is 0 Å². The highest BCUT2D eigenvalue weighted by atomic mass is 35.5. The van der Waals surface area contributed by atoms with Crippen molar-refractivity contribution in [1.82, 2.24) is 9.80 Å². The number of primary sulfonamides is 1. The molecule has 0 aromatic heterocycles. The molecule has 1 amide bonds. The minimum Gasteiger partial charge on any atom is -0.484 e. The van der Waals surface area contributed by atoms with Crippen LogP contribution < -0.4 is 9.88 Å². The molecule has 3 rings (SSSR count). The van der Waals surface area contributed by atoms with E-state index in [1.54, 1.807) is 24.0 Å². The molecule has 0 radical (unpaired) electrons. The second-order valence-electron chi connectivity index (χ2n) is 8.10. The zero-order valence-electron chi connectivity index (χ0n) is 18.5. The van der Waals surface area contributed by atoms with Crippen LogP contribution in [-0.2, 0) is 14.8 Å². The molecule has 1 heterocycles. The van der Waals surface area contributed by atoms with E-state index in [-0.39, 0.29) is 27.7 Å². The van der Waals surface area contributed by atoms with E-state index < -0.39 is 16.1 Å². The summed E-state index contributed by atoms with van der Waals surface area (Å²) >= 11 is 6.10. The second-order valence-corrected chi connectivity index (χ2v) is 10.0. The third-order valence-electron chi connectivity index (χ3n) is 5.65. The van der Waals surface area contributed by atoms with Crippen LogP contribution in [0.1, 0.15) is 24.2 Å². The Hall–Kier alpha value is -2.46. The predicted octanol–water partition coefficient (Wildman–Crippen LogP) is 3.27. The molecule has 2 atom stereocenters. The standard InChI is InChI=1S/C23H27ClFN3O4S/c1-4-23(29)28-10-9-27(13-16(28)3)14-21(17-6-5-15(2)20(25)11-17)32-18-7-8-22(19(24)12-18)33(26,30)31/h4-8,11-12,16,21H,1,9-10,13-14H2,2-3H3,(H2,26,30,31)/t16-,21+/m1/s1. The van der Waals surface area contributed by atoms with E-state index in [1.165, 1.54) is 30.3 Å².